The van der Waals surface area contributed by atoms with Gasteiger partial charge in [0.1, 0.15) is 11.6 Å². The molecule has 0 aliphatic carbocycles. The molecule has 1 aliphatic heterocycles. The van der Waals surface area contributed by atoms with Gasteiger partial charge in [0.15, 0.2) is 0 Å². The Morgan fingerprint density at radius 1 is 1.00 bits per heavy atom. The summed E-state index contributed by atoms with van der Waals surface area (Å²) in [5.41, 5.74) is 3.27. The van der Waals surface area contributed by atoms with Crippen LogP contribution in [0.1, 0.15) is 67.6 Å². The van der Waals surface area contributed by atoms with E-state index in [9.17, 15) is 17.4 Å². The standard InChI is InChI=1S/C45H44F2N6O6S2/c1-5-59-43(54)16-11-30-7-6-8-31(23-30)40-19-22-58-28-45(3,4)42-27-51(50-48-42)26-36-34-17-21-53(61(56,57)33-13-9-29(2)10-14-33)41(34)25-38(47)44(36)60(55)32-12-15-37(46)35(24-32)39-18-20-52(40)49-39/h6-10,12-15,17-18,20-21,23-25,27,40H,5,11,16,19,22,26,28H2,1-4H3. The number of carbonyl (C=O) groups is 1. The predicted octanol–water partition coefficient (Wildman–Crippen LogP) is 7.92. The van der Waals surface area contributed by atoms with E-state index in [4.69, 9.17) is 14.6 Å². The zero-order valence-electron chi connectivity index (χ0n) is 34.0. The summed E-state index contributed by atoms with van der Waals surface area (Å²) >= 11 is 0. The molecule has 316 valence electrons. The lowest BCUT2D eigenvalue weighted by Gasteiger charge is -2.23. The van der Waals surface area contributed by atoms with Crippen LogP contribution < -0.4 is 0 Å². The lowest BCUT2D eigenvalue weighted by molar-refractivity contribution is -0.143. The van der Waals surface area contributed by atoms with Gasteiger partial charge in [-0.3, -0.25) is 9.48 Å². The Morgan fingerprint density at radius 3 is 2.59 bits per heavy atom. The fourth-order valence-corrected chi connectivity index (χ4v) is 10.2. The van der Waals surface area contributed by atoms with Crippen LogP contribution in [0.25, 0.3) is 22.2 Å². The number of aromatic nitrogens is 6. The third kappa shape index (κ3) is 8.44. The Labute approximate surface area is 354 Å². The van der Waals surface area contributed by atoms with Crippen LogP contribution in [-0.4, -0.2) is 67.2 Å². The Kier molecular flexibility index (Phi) is 11.6. The van der Waals surface area contributed by atoms with Gasteiger partial charge in [0.2, 0.25) is 0 Å². The number of fused-ring (bicyclic) bond motifs is 10. The number of hydrogen-bond acceptors (Lipinski definition) is 9. The molecule has 6 bridgehead atoms. The van der Waals surface area contributed by atoms with Gasteiger partial charge < -0.3 is 9.47 Å². The molecular formula is C45H44F2N6O6S2. The van der Waals surface area contributed by atoms with Crippen molar-refractivity contribution in [1.82, 2.24) is 28.7 Å². The average molecular weight is 867 g/mol. The van der Waals surface area contributed by atoms with Crippen LogP contribution in [0.3, 0.4) is 0 Å². The highest BCUT2D eigenvalue weighted by Gasteiger charge is 2.30. The van der Waals surface area contributed by atoms with Crippen LogP contribution in [0.2, 0.25) is 0 Å². The summed E-state index contributed by atoms with van der Waals surface area (Å²) in [5.74, 6) is -1.81. The number of rotatable bonds is 7. The third-order valence-electron chi connectivity index (χ3n) is 10.9. The Bertz CT molecular complexity index is 2900. The van der Waals surface area contributed by atoms with Gasteiger partial charge in [-0.1, -0.05) is 61.0 Å². The predicted molar refractivity (Wildman–Crippen MR) is 225 cm³/mol. The van der Waals surface area contributed by atoms with Crippen LogP contribution in [-0.2, 0) is 53.5 Å². The first-order valence-electron chi connectivity index (χ1n) is 19.9. The number of halogens is 2. The number of esters is 1. The summed E-state index contributed by atoms with van der Waals surface area (Å²) in [4.78, 5) is 12.1. The molecule has 8 rings (SSSR count). The second-order valence-corrected chi connectivity index (χ2v) is 18.9. The topological polar surface area (TPSA) is 140 Å². The normalized spacial score (nSPS) is 17.0. The van der Waals surface area contributed by atoms with Crippen molar-refractivity contribution < 1.29 is 35.7 Å². The molecule has 12 nitrogen and oxygen atoms in total. The molecule has 61 heavy (non-hydrogen) atoms. The first-order valence-corrected chi connectivity index (χ1v) is 22.5. The molecule has 0 radical (unpaired) electrons. The summed E-state index contributed by atoms with van der Waals surface area (Å²) in [6, 6.07) is 22.0. The van der Waals surface area contributed by atoms with Gasteiger partial charge in [-0.05, 0) is 80.3 Å². The summed E-state index contributed by atoms with van der Waals surface area (Å²) in [6.07, 6.45) is 6.02. The van der Waals surface area contributed by atoms with Crippen molar-refractivity contribution in [2.45, 2.75) is 79.6 Å². The van der Waals surface area contributed by atoms with Crippen LogP contribution in [0.15, 0.2) is 118 Å². The smallest absolute Gasteiger partial charge is 0.306 e. The zero-order chi connectivity index (χ0) is 43.1. The van der Waals surface area contributed by atoms with Crippen molar-refractivity contribution in [2.24, 2.45) is 0 Å². The molecule has 0 spiro atoms. The molecule has 4 aromatic carbocycles. The van der Waals surface area contributed by atoms with Gasteiger partial charge in [-0.2, -0.15) is 5.10 Å². The van der Waals surface area contributed by atoms with Gasteiger partial charge in [0, 0.05) is 64.5 Å². The molecule has 4 heterocycles. The number of hydrogen-bond donors (Lipinski definition) is 0. The minimum absolute atomic E-state index is 0.0201. The summed E-state index contributed by atoms with van der Waals surface area (Å²) in [7, 11) is -6.40. The molecule has 0 saturated heterocycles. The van der Waals surface area contributed by atoms with E-state index in [1.165, 1.54) is 41.2 Å². The molecule has 2 atom stereocenters. The summed E-state index contributed by atoms with van der Waals surface area (Å²) < 4.78 is 90.8. The quantitative estimate of drug-likeness (QED) is 0.146. The fourth-order valence-electron chi connectivity index (χ4n) is 7.59. The van der Waals surface area contributed by atoms with E-state index in [0.29, 0.717) is 37.1 Å². The third-order valence-corrected chi connectivity index (χ3v) is 14.1. The van der Waals surface area contributed by atoms with Crippen LogP contribution in [0, 0.1) is 18.6 Å². The van der Waals surface area contributed by atoms with Crippen molar-refractivity contribution in [3.8, 4) is 11.3 Å². The maximum absolute atomic E-state index is 16.8. The largest absolute Gasteiger partial charge is 0.466 e. The Morgan fingerprint density at radius 2 is 1.80 bits per heavy atom. The minimum Gasteiger partial charge on any atom is -0.466 e. The van der Waals surface area contributed by atoms with E-state index < -0.39 is 37.9 Å². The molecule has 2 unspecified atom stereocenters. The van der Waals surface area contributed by atoms with Crippen LogP contribution in [0.4, 0.5) is 8.78 Å². The van der Waals surface area contributed by atoms with Crippen molar-refractivity contribution in [1.29, 1.82) is 0 Å². The first-order chi connectivity index (χ1) is 29.2. The van der Waals surface area contributed by atoms with Gasteiger partial charge in [-0.15, -0.1) is 5.10 Å². The summed E-state index contributed by atoms with van der Waals surface area (Å²) in [6.45, 7) is 8.32. The van der Waals surface area contributed by atoms with Gasteiger partial charge in [0.05, 0.1) is 63.3 Å². The van der Waals surface area contributed by atoms with E-state index in [1.54, 1.807) is 48.3 Å². The van der Waals surface area contributed by atoms with E-state index in [0.717, 1.165) is 26.7 Å². The summed E-state index contributed by atoms with van der Waals surface area (Å²) in [5, 5.41) is 14.0. The molecular weight excluding hydrogens is 823 g/mol. The second kappa shape index (κ2) is 16.9. The molecule has 3 aromatic heterocycles. The average Bonchev–Trinajstić information content (AvgIpc) is 4.02. The number of benzene rings is 4. The number of ether oxygens (including phenoxy) is 2. The number of nitrogens with zero attached hydrogens (tertiary/aromatic N) is 6. The zero-order valence-corrected chi connectivity index (χ0v) is 35.7. The molecule has 1 aliphatic rings. The van der Waals surface area contributed by atoms with Gasteiger partial charge in [-0.25, -0.2) is 30.1 Å². The maximum Gasteiger partial charge on any atom is 0.306 e. The highest BCUT2D eigenvalue weighted by molar-refractivity contribution is 7.90. The van der Waals surface area contributed by atoms with E-state index >= 15 is 8.78 Å². The molecule has 16 heteroatoms. The molecule has 0 saturated carbocycles. The van der Waals surface area contributed by atoms with Crippen LogP contribution >= 0.6 is 0 Å². The maximum atomic E-state index is 16.8. The molecule has 0 amide bonds. The van der Waals surface area contributed by atoms with E-state index in [2.05, 4.69) is 10.3 Å². The van der Waals surface area contributed by atoms with E-state index in [1.807, 2.05) is 45.0 Å². The second-order valence-electron chi connectivity index (χ2n) is 15.7. The van der Waals surface area contributed by atoms with Gasteiger partial charge >= 0.3 is 5.97 Å². The van der Waals surface area contributed by atoms with E-state index in [-0.39, 0.29) is 68.6 Å². The Hall–Kier alpha value is -5.84. The molecule has 0 fully saturated rings. The monoisotopic (exact) mass is 866 g/mol. The Balaban J connectivity index is 1.24. The lowest BCUT2D eigenvalue weighted by atomic mass is 9.91. The lowest BCUT2D eigenvalue weighted by Crippen LogP contribution is -2.26. The minimum atomic E-state index is -4.16. The van der Waals surface area contributed by atoms with Crippen molar-refractivity contribution in [3.63, 3.8) is 0 Å². The van der Waals surface area contributed by atoms with Crippen molar-refractivity contribution in [3.05, 3.63) is 143 Å². The van der Waals surface area contributed by atoms with Crippen molar-refractivity contribution in [2.75, 3.05) is 19.8 Å². The fraction of sp³-hybridized carbons (Fsp3) is 0.289. The number of aryl methyl sites for hydroxylation is 2. The highest BCUT2D eigenvalue weighted by atomic mass is 32.2. The van der Waals surface area contributed by atoms with Crippen molar-refractivity contribution >= 4 is 37.7 Å². The number of carbonyl (C=O) groups excluding carboxylic acids is 1. The highest BCUT2D eigenvalue weighted by Crippen LogP contribution is 2.36. The first kappa shape index (κ1) is 41.9. The van der Waals surface area contributed by atoms with Crippen LogP contribution in [0.5, 0.6) is 0 Å². The van der Waals surface area contributed by atoms with Gasteiger partial charge in [0.25, 0.3) is 10.0 Å². The molecule has 7 aromatic rings. The SMILES string of the molecule is CCOC(=O)CCc1cccc(C2CCOCC(C)(C)c3cn(nn3)Cc3c(c(F)cc4c3ccn4S(=O)(=O)c3ccc(C)cc3)S(=O)c3ccc(F)c(c3)-c3ccn2n3)c1. The molecule has 0 N–H and O–H groups in total.